The van der Waals surface area contributed by atoms with Crippen LogP contribution < -0.4 is 10.0 Å². The second kappa shape index (κ2) is 8.00. The van der Waals surface area contributed by atoms with Crippen LogP contribution in [-0.4, -0.2) is 38.5 Å². The Labute approximate surface area is 179 Å². The first kappa shape index (κ1) is 20.1. The number of sulfonamides is 1. The summed E-state index contributed by atoms with van der Waals surface area (Å²) in [5.74, 6) is 0.786. The maximum atomic E-state index is 12.6. The van der Waals surface area contributed by atoms with E-state index in [1.54, 1.807) is 6.08 Å². The second-order valence-corrected chi connectivity index (χ2v) is 10.9. The van der Waals surface area contributed by atoms with E-state index >= 15 is 0 Å². The summed E-state index contributed by atoms with van der Waals surface area (Å²) in [6, 6.07) is 1.79. The maximum Gasteiger partial charge on any atom is 0.333 e. The quantitative estimate of drug-likeness (QED) is 0.725. The van der Waals surface area contributed by atoms with E-state index in [-0.39, 0.29) is 6.04 Å². The van der Waals surface area contributed by atoms with Crippen LogP contribution in [0.25, 0.3) is 0 Å². The van der Waals surface area contributed by atoms with E-state index < -0.39 is 16.1 Å². The Morgan fingerprint density at radius 3 is 2.40 bits per heavy atom. The van der Waals surface area contributed by atoms with Crippen molar-refractivity contribution in [3.05, 3.63) is 39.8 Å². The first-order valence-corrected chi connectivity index (χ1v) is 13.0. The van der Waals surface area contributed by atoms with Gasteiger partial charge >= 0.3 is 6.03 Å². The van der Waals surface area contributed by atoms with Crippen LogP contribution in [-0.2, 0) is 35.7 Å². The summed E-state index contributed by atoms with van der Waals surface area (Å²) in [5.41, 5.74) is 5.87. The summed E-state index contributed by atoms with van der Waals surface area (Å²) in [4.78, 5) is 15.0. The first-order valence-electron chi connectivity index (χ1n) is 11.4. The van der Waals surface area contributed by atoms with Crippen molar-refractivity contribution in [3.8, 4) is 0 Å². The number of rotatable bonds is 6. The fraction of sp³-hybridized carbons (Fsp3) is 0.609. The van der Waals surface area contributed by atoms with Crippen LogP contribution in [0.5, 0.6) is 0 Å². The summed E-state index contributed by atoms with van der Waals surface area (Å²) in [6.07, 6.45) is 12.6. The van der Waals surface area contributed by atoms with Crippen LogP contribution in [0, 0.1) is 5.92 Å². The topological polar surface area (TPSA) is 78.5 Å². The van der Waals surface area contributed by atoms with Crippen LogP contribution >= 0.6 is 0 Å². The molecule has 0 bridgehead atoms. The smallest absolute Gasteiger partial charge is 0.307 e. The molecule has 1 aliphatic heterocycles. The summed E-state index contributed by atoms with van der Waals surface area (Å²) in [5, 5.41) is 4.08. The molecule has 0 unspecified atom stereocenters. The molecule has 1 saturated carbocycles. The van der Waals surface area contributed by atoms with Gasteiger partial charge < -0.3 is 5.32 Å². The van der Waals surface area contributed by atoms with Crippen molar-refractivity contribution in [3.63, 3.8) is 0 Å². The van der Waals surface area contributed by atoms with Gasteiger partial charge in [-0.25, -0.2) is 17.9 Å². The Morgan fingerprint density at radius 1 is 1.03 bits per heavy atom. The minimum Gasteiger partial charge on any atom is -0.307 e. The Kier molecular flexibility index (Phi) is 5.35. The normalized spacial score (nSPS) is 23.7. The summed E-state index contributed by atoms with van der Waals surface area (Å²) in [7, 11) is -3.82. The van der Waals surface area contributed by atoms with E-state index in [0.717, 1.165) is 76.1 Å². The number of amides is 2. The highest BCUT2D eigenvalue weighted by molar-refractivity contribution is 7.92. The predicted octanol–water partition coefficient (Wildman–Crippen LogP) is 3.50. The Morgan fingerprint density at radius 2 is 1.73 bits per heavy atom. The molecule has 1 aromatic rings. The molecule has 4 aliphatic rings. The van der Waals surface area contributed by atoms with Crippen molar-refractivity contribution in [2.45, 2.75) is 70.3 Å². The van der Waals surface area contributed by atoms with E-state index in [1.807, 2.05) is 0 Å². The number of hydrogen-bond acceptors (Lipinski definition) is 4. The number of nitrogens with zero attached hydrogens (tertiary/aromatic N) is 1. The summed E-state index contributed by atoms with van der Waals surface area (Å²) >= 11 is 0. The summed E-state index contributed by atoms with van der Waals surface area (Å²) in [6.45, 7) is 2.09. The predicted molar refractivity (Wildman–Crippen MR) is 118 cm³/mol. The molecule has 30 heavy (non-hydrogen) atoms. The molecule has 6 nitrogen and oxygen atoms in total. The number of benzene rings is 1. The minimum atomic E-state index is -3.82. The number of fused-ring (bicyclic) bond motifs is 2. The van der Waals surface area contributed by atoms with Gasteiger partial charge in [0.25, 0.3) is 10.0 Å². The van der Waals surface area contributed by atoms with Gasteiger partial charge in [0.15, 0.2) is 0 Å². The zero-order chi connectivity index (χ0) is 20.7. The number of likely N-dealkylation sites (tertiary alicyclic amines) is 1. The van der Waals surface area contributed by atoms with E-state index in [1.165, 1.54) is 40.5 Å². The third-order valence-corrected chi connectivity index (χ3v) is 8.02. The molecule has 2 N–H and O–H groups in total. The van der Waals surface area contributed by atoms with Crippen molar-refractivity contribution in [2.24, 2.45) is 5.92 Å². The van der Waals surface area contributed by atoms with E-state index in [0.29, 0.717) is 0 Å². The number of aryl methyl sites for hydroxylation is 2. The highest BCUT2D eigenvalue weighted by Gasteiger charge is 2.30. The van der Waals surface area contributed by atoms with Gasteiger partial charge in [0.2, 0.25) is 0 Å². The Hall–Kier alpha value is -1.86. The van der Waals surface area contributed by atoms with E-state index in [9.17, 15) is 13.2 Å². The van der Waals surface area contributed by atoms with E-state index in [4.69, 9.17) is 0 Å². The second-order valence-electron chi connectivity index (χ2n) is 9.31. The average molecular weight is 430 g/mol. The van der Waals surface area contributed by atoms with Crippen LogP contribution in [0.4, 0.5) is 10.5 Å². The van der Waals surface area contributed by atoms with Crippen LogP contribution in [0.2, 0.25) is 0 Å². The maximum absolute atomic E-state index is 12.6. The van der Waals surface area contributed by atoms with Gasteiger partial charge in [-0.2, -0.15) is 0 Å². The number of urea groups is 1. The molecule has 1 heterocycles. The number of anilines is 1. The van der Waals surface area contributed by atoms with Crippen molar-refractivity contribution in [2.75, 3.05) is 18.4 Å². The van der Waals surface area contributed by atoms with Gasteiger partial charge in [-0.05, 0) is 98.9 Å². The van der Waals surface area contributed by atoms with Gasteiger partial charge in [-0.1, -0.05) is 12.1 Å². The highest BCUT2D eigenvalue weighted by Crippen LogP contribution is 2.38. The zero-order valence-corrected chi connectivity index (χ0v) is 18.3. The molecular weight excluding hydrogens is 398 g/mol. The van der Waals surface area contributed by atoms with Crippen LogP contribution in [0.3, 0.4) is 0 Å². The van der Waals surface area contributed by atoms with Crippen LogP contribution in [0.1, 0.15) is 60.8 Å². The Bertz CT molecular complexity index is 950. The fourth-order valence-corrected chi connectivity index (χ4v) is 6.16. The number of carbonyl (C=O) groups is 1. The monoisotopic (exact) mass is 429 g/mol. The first-order chi connectivity index (χ1) is 14.5. The average Bonchev–Trinajstić information content (AvgIpc) is 3.09. The lowest BCUT2D eigenvalue weighted by atomic mass is 9.99. The van der Waals surface area contributed by atoms with Gasteiger partial charge in [-0.3, -0.25) is 4.90 Å². The lowest BCUT2D eigenvalue weighted by molar-refractivity contribution is 0.256. The third-order valence-electron chi connectivity index (χ3n) is 7.03. The molecule has 1 aromatic carbocycles. The molecule has 7 heteroatoms. The molecule has 3 aliphatic carbocycles. The largest absolute Gasteiger partial charge is 0.333 e. The van der Waals surface area contributed by atoms with E-state index in [2.05, 4.69) is 21.0 Å². The molecule has 2 amide bonds. The van der Waals surface area contributed by atoms with Crippen molar-refractivity contribution < 1.29 is 13.2 Å². The number of carbonyl (C=O) groups excluding carboxylic acids is 1. The van der Waals surface area contributed by atoms with Gasteiger partial charge in [0, 0.05) is 23.7 Å². The fourth-order valence-electron chi connectivity index (χ4n) is 5.39. The zero-order valence-electron chi connectivity index (χ0n) is 17.5. The standard InChI is InChI=1S/C23H31N3O3S/c27-23(24-22-20-7-1-4-17(20)14-18-5-2-8-21(18)22)25-30(28,29)13-11-19-6-3-12-26(19)15-16-9-10-16/h11,13-14,16,19H,1-10,12,15H2,(H2,24,25,27)/b13-11+/t19-/m0/s1. The van der Waals surface area contributed by atoms with Crippen LogP contribution in [0.15, 0.2) is 17.6 Å². The number of hydrogen-bond donors (Lipinski definition) is 2. The molecule has 162 valence electrons. The van der Waals surface area contributed by atoms with Gasteiger partial charge in [0.1, 0.15) is 0 Å². The SMILES string of the molecule is O=C(Nc1c2c(cc3c1CCC3)CCC2)NS(=O)(=O)/C=C/[C@@H]1CCCN1CC1CC1. The molecule has 5 rings (SSSR count). The molecule has 2 fully saturated rings. The molecule has 0 radical (unpaired) electrons. The lowest BCUT2D eigenvalue weighted by Crippen LogP contribution is -2.34. The molecule has 0 spiro atoms. The van der Waals surface area contributed by atoms with Crippen molar-refractivity contribution >= 4 is 21.7 Å². The molecule has 1 atom stereocenters. The van der Waals surface area contributed by atoms with Crippen molar-refractivity contribution in [1.29, 1.82) is 0 Å². The summed E-state index contributed by atoms with van der Waals surface area (Å²) < 4.78 is 27.2. The third kappa shape index (κ3) is 4.28. The molecule has 0 aromatic heterocycles. The lowest BCUT2D eigenvalue weighted by Gasteiger charge is -2.21. The van der Waals surface area contributed by atoms with Gasteiger partial charge in [0.05, 0.1) is 0 Å². The highest BCUT2D eigenvalue weighted by atomic mass is 32.2. The number of nitrogens with one attached hydrogen (secondary N) is 2. The minimum absolute atomic E-state index is 0.158. The Balaban J connectivity index is 1.25. The molecule has 1 saturated heterocycles. The molecular formula is C23H31N3O3S. The van der Waals surface area contributed by atoms with Gasteiger partial charge in [-0.15, -0.1) is 0 Å². The van der Waals surface area contributed by atoms with Crippen molar-refractivity contribution in [1.82, 2.24) is 9.62 Å².